The Hall–Kier alpha value is -2.01. The highest BCUT2D eigenvalue weighted by molar-refractivity contribution is 7.89. The standard InChI is InChI=1S/C17H23N5O3S2/c18-27(24,25)15-3-1-14(2-4-15)5-6-19-16(23)13-21-8-10-22(11-9-21)17-20-7-12-26-17/h1-4,7,12H,5-6,8-11,13H2,(H,19,23)(H2,18,24,25). The minimum Gasteiger partial charge on any atom is -0.355 e. The lowest BCUT2D eigenvalue weighted by Gasteiger charge is -2.34. The maximum atomic E-state index is 12.1. The minimum atomic E-state index is -3.67. The molecule has 2 aromatic rings. The van der Waals surface area contributed by atoms with E-state index >= 15 is 0 Å². The summed E-state index contributed by atoms with van der Waals surface area (Å²) in [4.78, 5) is 20.9. The smallest absolute Gasteiger partial charge is 0.238 e. The molecule has 1 saturated heterocycles. The van der Waals surface area contributed by atoms with Gasteiger partial charge in [0.2, 0.25) is 15.9 Å². The first kappa shape index (κ1) is 19.7. The van der Waals surface area contributed by atoms with E-state index < -0.39 is 10.0 Å². The van der Waals surface area contributed by atoms with Crippen LogP contribution in [0.5, 0.6) is 0 Å². The summed E-state index contributed by atoms with van der Waals surface area (Å²) in [6, 6.07) is 6.39. The van der Waals surface area contributed by atoms with Crippen LogP contribution in [0.15, 0.2) is 40.7 Å². The molecule has 8 nitrogen and oxygen atoms in total. The molecule has 0 spiro atoms. The number of piperazine rings is 1. The van der Waals surface area contributed by atoms with Crippen LogP contribution in [0.2, 0.25) is 0 Å². The molecule has 1 aromatic heterocycles. The molecule has 0 bridgehead atoms. The average molecular weight is 410 g/mol. The fourth-order valence-electron chi connectivity index (χ4n) is 2.92. The van der Waals surface area contributed by atoms with Gasteiger partial charge in [-0.25, -0.2) is 18.5 Å². The van der Waals surface area contributed by atoms with Crippen molar-refractivity contribution >= 4 is 32.4 Å². The van der Waals surface area contributed by atoms with E-state index in [0.717, 1.165) is 36.9 Å². The lowest BCUT2D eigenvalue weighted by molar-refractivity contribution is -0.122. The molecular weight excluding hydrogens is 386 g/mol. The number of nitrogens with two attached hydrogens (primary N) is 1. The van der Waals surface area contributed by atoms with Gasteiger partial charge in [-0.05, 0) is 24.1 Å². The summed E-state index contributed by atoms with van der Waals surface area (Å²) in [7, 11) is -3.67. The molecule has 146 valence electrons. The van der Waals surface area contributed by atoms with Gasteiger partial charge in [-0.1, -0.05) is 12.1 Å². The molecule has 10 heteroatoms. The first-order valence-corrected chi connectivity index (χ1v) is 11.1. The Kier molecular flexibility index (Phi) is 6.42. The van der Waals surface area contributed by atoms with E-state index in [1.807, 2.05) is 11.6 Å². The van der Waals surface area contributed by atoms with Crippen LogP contribution in [-0.2, 0) is 21.2 Å². The number of sulfonamides is 1. The van der Waals surface area contributed by atoms with Crippen LogP contribution in [0.4, 0.5) is 5.13 Å². The number of anilines is 1. The molecule has 0 aliphatic carbocycles. The molecule has 1 aliphatic heterocycles. The molecule has 27 heavy (non-hydrogen) atoms. The van der Waals surface area contributed by atoms with Gasteiger partial charge in [0.1, 0.15) is 0 Å². The average Bonchev–Trinajstić information content (AvgIpc) is 3.17. The Morgan fingerprint density at radius 3 is 2.48 bits per heavy atom. The SMILES string of the molecule is NS(=O)(=O)c1ccc(CCNC(=O)CN2CCN(c3nccs3)CC2)cc1. The maximum Gasteiger partial charge on any atom is 0.238 e. The van der Waals surface area contributed by atoms with Crippen molar-refractivity contribution in [3.63, 3.8) is 0 Å². The number of nitrogens with zero attached hydrogens (tertiary/aromatic N) is 3. The number of rotatable bonds is 7. The van der Waals surface area contributed by atoms with Crippen LogP contribution in [0.3, 0.4) is 0 Å². The zero-order valence-corrected chi connectivity index (χ0v) is 16.5. The third-order valence-corrected chi connectivity index (χ3v) is 6.18. The number of thiazole rings is 1. The molecule has 0 unspecified atom stereocenters. The van der Waals surface area contributed by atoms with Crippen molar-refractivity contribution in [3.8, 4) is 0 Å². The van der Waals surface area contributed by atoms with Crippen LogP contribution in [0.1, 0.15) is 5.56 Å². The quantitative estimate of drug-likeness (QED) is 0.680. The van der Waals surface area contributed by atoms with Gasteiger partial charge in [0.05, 0.1) is 11.4 Å². The normalized spacial score (nSPS) is 15.7. The molecule has 1 aliphatic rings. The number of aromatic nitrogens is 1. The van der Waals surface area contributed by atoms with Crippen molar-refractivity contribution in [2.24, 2.45) is 5.14 Å². The van der Waals surface area contributed by atoms with E-state index in [-0.39, 0.29) is 10.8 Å². The van der Waals surface area contributed by atoms with E-state index in [1.54, 1.807) is 23.5 Å². The minimum absolute atomic E-state index is 0.00106. The topological polar surface area (TPSA) is 109 Å². The highest BCUT2D eigenvalue weighted by Crippen LogP contribution is 2.18. The zero-order chi connectivity index (χ0) is 19.3. The van der Waals surface area contributed by atoms with Crippen molar-refractivity contribution < 1.29 is 13.2 Å². The highest BCUT2D eigenvalue weighted by Gasteiger charge is 2.20. The van der Waals surface area contributed by atoms with Gasteiger partial charge in [-0.3, -0.25) is 9.69 Å². The van der Waals surface area contributed by atoms with Crippen LogP contribution >= 0.6 is 11.3 Å². The Labute approximate surface area is 163 Å². The van der Waals surface area contributed by atoms with Gasteiger partial charge in [0, 0.05) is 44.3 Å². The van der Waals surface area contributed by atoms with E-state index in [1.165, 1.54) is 12.1 Å². The number of hydrogen-bond acceptors (Lipinski definition) is 7. The number of benzene rings is 1. The number of primary sulfonamides is 1. The van der Waals surface area contributed by atoms with Gasteiger partial charge < -0.3 is 10.2 Å². The summed E-state index contributed by atoms with van der Waals surface area (Å²) >= 11 is 1.63. The van der Waals surface area contributed by atoms with Gasteiger partial charge >= 0.3 is 0 Å². The molecule has 2 heterocycles. The van der Waals surface area contributed by atoms with Crippen LogP contribution < -0.4 is 15.4 Å². The summed E-state index contributed by atoms with van der Waals surface area (Å²) < 4.78 is 22.5. The number of carbonyl (C=O) groups is 1. The predicted molar refractivity (Wildman–Crippen MR) is 105 cm³/mol. The number of carbonyl (C=O) groups excluding carboxylic acids is 1. The molecule has 0 radical (unpaired) electrons. The van der Waals surface area contributed by atoms with Crippen molar-refractivity contribution in [3.05, 3.63) is 41.4 Å². The second-order valence-corrected chi connectivity index (χ2v) is 8.80. The summed E-state index contributed by atoms with van der Waals surface area (Å²) in [5.74, 6) is -0.00106. The fraction of sp³-hybridized carbons (Fsp3) is 0.412. The zero-order valence-electron chi connectivity index (χ0n) is 14.9. The summed E-state index contributed by atoms with van der Waals surface area (Å²) in [5, 5.41) is 11.0. The van der Waals surface area contributed by atoms with Gasteiger partial charge in [-0.15, -0.1) is 11.3 Å². The first-order chi connectivity index (χ1) is 12.9. The molecular formula is C17H23N5O3S2. The molecule has 1 amide bonds. The molecule has 3 rings (SSSR count). The fourth-order valence-corrected chi connectivity index (χ4v) is 4.13. The van der Waals surface area contributed by atoms with Gasteiger partial charge in [-0.2, -0.15) is 0 Å². The van der Waals surface area contributed by atoms with Crippen LogP contribution in [-0.4, -0.2) is 63.5 Å². The molecule has 1 fully saturated rings. The Bertz CT molecular complexity index is 845. The molecule has 3 N–H and O–H groups in total. The maximum absolute atomic E-state index is 12.1. The Balaban J connectivity index is 1.36. The second kappa shape index (κ2) is 8.79. The monoisotopic (exact) mass is 409 g/mol. The summed E-state index contributed by atoms with van der Waals surface area (Å²) in [5.41, 5.74) is 0.944. The van der Waals surface area contributed by atoms with Gasteiger partial charge in [0.25, 0.3) is 0 Å². The number of hydrogen-bond donors (Lipinski definition) is 2. The first-order valence-electron chi connectivity index (χ1n) is 8.67. The third kappa shape index (κ3) is 5.73. The van der Waals surface area contributed by atoms with E-state index in [2.05, 4.69) is 20.1 Å². The predicted octanol–water partition coefficient (Wildman–Crippen LogP) is 0.271. The lowest BCUT2D eigenvalue weighted by Crippen LogP contribution is -2.49. The van der Waals surface area contributed by atoms with Gasteiger partial charge in [0.15, 0.2) is 5.13 Å². The largest absolute Gasteiger partial charge is 0.355 e. The third-order valence-electron chi connectivity index (χ3n) is 4.42. The van der Waals surface area contributed by atoms with Crippen molar-refractivity contribution in [1.29, 1.82) is 0 Å². The van der Waals surface area contributed by atoms with E-state index in [9.17, 15) is 13.2 Å². The Morgan fingerprint density at radius 2 is 1.89 bits per heavy atom. The van der Waals surface area contributed by atoms with Crippen molar-refractivity contribution in [1.82, 2.24) is 15.2 Å². The summed E-state index contributed by atoms with van der Waals surface area (Å²) in [6.45, 7) is 4.31. The highest BCUT2D eigenvalue weighted by atomic mass is 32.2. The van der Waals surface area contributed by atoms with Crippen LogP contribution in [0, 0.1) is 0 Å². The molecule has 1 aromatic carbocycles. The van der Waals surface area contributed by atoms with Crippen molar-refractivity contribution in [2.45, 2.75) is 11.3 Å². The molecule has 0 atom stereocenters. The number of nitrogens with one attached hydrogen (secondary N) is 1. The Morgan fingerprint density at radius 1 is 1.19 bits per heavy atom. The lowest BCUT2D eigenvalue weighted by atomic mass is 10.1. The molecule has 0 saturated carbocycles. The number of amides is 1. The van der Waals surface area contributed by atoms with Crippen molar-refractivity contribution in [2.75, 3.05) is 44.2 Å². The second-order valence-electron chi connectivity index (χ2n) is 6.37. The van der Waals surface area contributed by atoms with E-state index in [0.29, 0.717) is 19.5 Å². The van der Waals surface area contributed by atoms with E-state index in [4.69, 9.17) is 5.14 Å². The van der Waals surface area contributed by atoms with Crippen LogP contribution in [0.25, 0.3) is 0 Å². The summed E-state index contributed by atoms with van der Waals surface area (Å²) in [6.07, 6.45) is 2.44.